The van der Waals surface area contributed by atoms with Gasteiger partial charge in [0.2, 0.25) is 0 Å². The Balaban J connectivity index is 0.00000110. The van der Waals surface area contributed by atoms with Crippen LogP contribution >= 0.6 is 17.0 Å². The number of aromatic nitrogens is 4. The van der Waals surface area contributed by atoms with Gasteiger partial charge < -0.3 is 10.3 Å². The zero-order valence-electron chi connectivity index (χ0n) is 10.5. The molecular formula is C13H16BrN5. The van der Waals surface area contributed by atoms with Gasteiger partial charge in [0.15, 0.2) is 11.3 Å². The number of fused-ring (bicyclic) bond motifs is 3. The van der Waals surface area contributed by atoms with Gasteiger partial charge in [-0.1, -0.05) is 0 Å². The van der Waals surface area contributed by atoms with E-state index >= 15 is 0 Å². The predicted octanol–water partition coefficient (Wildman–Crippen LogP) is 2.26. The van der Waals surface area contributed by atoms with Crippen molar-refractivity contribution < 1.29 is 0 Å². The second-order valence-corrected chi connectivity index (χ2v) is 4.90. The van der Waals surface area contributed by atoms with Gasteiger partial charge in [-0.25, -0.2) is 9.97 Å². The molecule has 1 unspecified atom stereocenters. The lowest BCUT2D eigenvalue weighted by Crippen LogP contribution is -2.28. The molecule has 3 aromatic heterocycles. The second-order valence-electron chi connectivity index (χ2n) is 4.90. The largest absolute Gasteiger partial charge is 0.345 e. The summed E-state index contributed by atoms with van der Waals surface area (Å²) in [5.74, 6) is 0.572. The number of nitrogens with one attached hydrogen (secondary N) is 2. The highest BCUT2D eigenvalue weighted by molar-refractivity contribution is 8.93. The number of hydrogen-bond donors (Lipinski definition) is 2. The molecule has 0 bridgehead atoms. The first-order valence-corrected chi connectivity index (χ1v) is 6.43. The third kappa shape index (κ3) is 1.95. The number of imidazole rings is 1. The maximum atomic E-state index is 4.44. The lowest BCUT2D eigenvalue weighted by Gasteiger charge is -2.22. The molecular weight excluding hydrogens is 306 g/mol. The van der Waals surface area contributed by atoms with Crippen molar-refractivity contribution in [2.45, 2.75) is 18.8 Å². The van der Waals surface area contributed by atoms with E-state index in [2.05, 4.69) is 30.9 Å². The first-order valence-electron chi connectivity index (χ1n) is 6.43. The Hall–Kier alpha value is -1.40. The second kappa shape index (κ2) is 4.94. The number of halogens is 1. The van der Waals surface area contributed by atoms with E-state index in [-0.39, 0.29) is 17.0 Å². The molecule has 100 valence electrons. The monoisotopic (exact) mass is 321 g/mol. The van der Waals surface area contributed by atoms with Crippen LogP contribution in [0.25, 0.3) is 16.8 Å². The Morgan fingerprint density at radius 2 is 2.26 bits per heavy atom. The molecule has 4 rings (SSSR count). The van der Waals surface area contributed by atoms with Crippen molar-refractivity contribution in [2.24, 2.45) is 0 Å². The number of aromatic amines is 1. The van der Waals surface area contributed by atoms with Gasteiger partial charge in [-0.2, -0.15) is 0 Å². The van der Waals surface area contributed by atoms with Crippen LogP contribution in [0.1, 0.15) is 24.3 Å². The van der Waals surface area contributed by atoms with Crippen LogP contribution < -0.4 is 5.32 Å². The summed E-state index contributed by atoms with van der Waals surface area (Å²) in [7, 11) is 0. The summed E-state index contributed by atoms with van der Waals surface area (Å²) in [6, 6.07) is 0. The molecule has 5 nitrogen and oxygen atoms in total. The average Bonchev–Trinajstić information content (AvgIpc) is 3.05. The minimum Gasteiger partial charge on any atom is -0.345 e. The van der Waals surface area contributed by atoms with Crippen molar-refractivity contribution in [3.63, 3.8) is 0 Å². The Labute approximate surface area is 121 Å². The normalized spacial score (nSPS) is 19.7. The minimum absolute atomic E-state index is 0. The lowest BCUT2D eigenvalue weighted by molar-refractivity contribution is 0.463. The topological polar surface area (TPSA) is 58.0 Å². The standard InChI is InChI=1S/C13H15N5.BrH/c1-2-9(6-14-3-1)10-7-16-13-12(10)18-5-4-15-11(18)8-17-13;/h4-5,7-9,14,16H,1-3,6H2;1H. The molecule has 0 amide bonds. The van der Waals surface area contributed by atoms with Crippen LogP contribution in [0.5, 0.6) is 0 Å². The summed E-state index contributed by atoms with van der Waals surface area (Å²) in [6.45, 7) is 2.19. The first-order chi connectivity index (χ1) is 8.93. The van der Waals surface area contributed by atoms with E-state index in [1.807, 2.05) is 18.6 Å². The molecule has 6 heteroatoms. The first kappa shape index (κ1) is 12.6. The summed E-state index contributed by atoms with van der Waals surface area (Å²) < 4.78 is 2.13. The SMILES string of the molecule is Br.c1cn2c(cnc3[nH]cc(C4CCCNC4)c32)n1. The van der Waals surface area contributed by atoms with E-state index < -0.39 is 0 Å². The van der Waals surface area contributed by atoms with E-state index in [0.29, 0.717) is 5.92 Å². The highest BCUT2D eigenvalue weighted by atomic mass is 79.9. The van der Waals surface area contributed by atoms with E-state index in [1.165, 1.54) is 23.9 Å². The van der Waals surface area contributed by atoms with Gasteiger partial charge >= 0.3 is 0 Å². The number of piperidine rings is 1. The molecule has 0 spiro atoms. The van der Waals surface area contributed by atoms with Crippen LogP contribution in [0, 0.1) is 0 Å². The van der Waals surface area contributed by atoms with Crippen LogP contribution in [0.15, 0.2) is 24.8 Å². The molecule has 0 aliphatic carbocycles. The van der Waals surface area contributed by atoms with Gasteiger partial charge in [0.05, 0.1) is 11.7 Å². The molecule has 0 saturated carbocycles. The summed E-state index contributed by atoms with van der Waals surface area (Å²) in [4.78, 5) is 12.0. The van der Waals surface area contributed by atoms with E-state index in [4.69, 9.17) is 0 Å². The Kier molecular flexibility index (Phi) is 3.28. The third-order valence-electron chi connectivity index (χ3n) is 3.82. The summed E-state index contributed by atoms with van der Waals surface area (Å²) in [6.07, 6.45) is 10.2. The number of H-pyrrole nitrogens is 1. The van der Waals surface area contributed by atoms with Crippen molar-refractivity contribution >= 4 is 33.8 Å². The molecule has 1 fully saturated rings. The Morgan fingerprint density at radius 3 is 3.11 bits per heavy atom. The summed E-state index contributed by atoms with van der Waals surface area (Å²) >= 11 is 0. The molecule has 1 atom stereocenters. The highest BCUT2D eigenvalue weighted by Crippen LogP contribution is 2.29. The van der Waals surface area contributed by atoms with E-state index in [9.17, 15) is 0 Å². The van der Waals surface area contributed by atoms with Gasteiger partial charge in [0.25, 0.3) is 0 Å². The molecule has 1 aliphatic rings. The van der Waals surface area contributed by atoms with Gasteiger partial charge in [0.1, 0.15) is 0 Å². The molecule has 2 N–H and O–H groups in total. The lowest BCUT2D eigenvalue weighted by atomic mass is 9.93. The summed E-state index contributed by atoms with van der Waals surface area (Å²) in [5, 5.41) is 3.47. The quantitative estimate of drug-likeness (QED) is 0.722. The van der Waals surface area contributed by atoms with Crippen molar-refractivity contribution in [3.05, 3.63) is 30.4 Å². The number of nitrogens with zero attached hydrogens (tertiary/aromatic N) is 3. The Bertz CT molecular complexity index is 695. The number of rotatable bonds is 1. The van der Waals surface area contributed by atoms with Crippen LogP contribution in [-0.4, -0.2) is 32.4 Å². The maximum Gasteiger partial charge on any atom is 0.155 e. The van der Waals surface area contributed by atoms with E-state index in [1.54, 1.807) is 0 Å². The fourth-order valence-corrected chi connectivity index (χ4v) is 2.92. The molecule has 3 aromatic rings. The molecule has 1 aliphatic heterocycles. The predicted molar refractivity (Wildman–Crippen MR) is 80.0 cm³/mol. The van der Waals surface area contributed by atoms with Crippen molar-refractivity contribution in [3.8, 4) is 0 Å². The van der Waals surface area contributed by atoms with Crippen LogP contribution in [0.3, 0.4) is 0 Å². The molecule has 19 heavy (non-hydrogen) atoms. The highest BCUT2D eigenvalue weighted by Gasteiger charge is 2.20. The van der Waals surface area contributed by atoms with Gasteiger partial charge in [-0.3, -0.25) is 4.40 Å². The average molecular weight is 322 g/mol. The van der Waals surface area contributed by atoms with Crippen molar-refractivity contribution in [1.29, 1.82) is 0 Å². The number of hydrogen-bond acceptors (Lipinski definition) is 3. The van der Waals surface area contributed by atoms with Crippen molar-refractivity contribution in [2.75, 3.05) is 13.1 Å². The van der Waals surface area contributed by atoms with Crippen LogP contribution in [-0.2, 0) is 0 Å². The zero-order valence-corrected chi connectivity index (χ0v) is 12.2. The summed E-state index contributed by atoms with van der Waals surface area (Å²) in [5.41, 5.74) is 4.39. The minimum atomic E-state index is 0. The molecule has 4 heterocycles. The van der Waals surface area contributed by atoms with Gasteiger partial charge in [-0.15, -0.1) is 17.0 Å². The van der Waals surface area contributed by atoms with Gasteiger partial charge in [-0.05, 0) is 19.4 Å². The zero-order chi connectivity index (χ0) is 11.9. The maximum absolute atomic E-state index is 4.44. The molecule has 0 aromatic carbocycles. The van der Waals surface area contributed by atoms with Crippen LogP contribution in [0.4, 0.5) is 0 Å². The Morgan fingerprint density at radius 1 is 1.32 bits per heavy atom. The fraction of sp³-hybridized carbons (Fsp3) is 0.385. The van der Waals surface area contributed by atoms with Crippen molar-refractivity contribution in [1.82, 2.24) is 24.7 Å². The smallest absolute Gasteiger partial charge is 0.155 e. The van der Waals surface area contributed by atoms with Crippen LogP contribution in [0.2, 0.25) is 0 Å². The third-order valence-corrected chi connectivity index (χ3v) is 3.82. The molecule has 0 radical (unpaired) electrons. The van der Waals surface area contributed by atoms with Gasteiger partial charge in [0, 0.05) is 36.6 Å². The molecule has 1 saturated heterocycles. The fourth-order valence-electron chi connectivity index (χ4n) is 2.92. The van der Waals surface area contributed by atoms with E-state index in [0.717, 1.165) is 24.4 Å².